The van der Waals surface area contributed by atoms with E-state index in [-0.39, 0.29) is 36.1 Å². The number of amides is 1. The molecule has 2 aromatic rings. The van der Waals surface area contributed by atoms with Crippen LogP contribution in [0.3, 0.4) is 0 Å². The van der Waals surface area contributed by atoms with Gasteiger partial charge in [0.1, 0.15) is 0 Å². The van der Waals surface area contributed by atoms with Gasteiger partial charge in [-0.25, -0.2) is 0 Å². The number of fused-ring (bicyclic) bond motifs is 2. The largest absolute Gasteiger partial charge is 0.480 e. The molecule has 1 aliphatic rings. The Bertz CT molecular complexity index is 943. The predicted molar refractivity (Wildman–Crippen MR) is 122 cm³/mol. The molecule has 183 valence electrons. The Kier molecular flexibility index (Phi) is 10.6. The molecule has 1 radical (unpaired) electrons. The van der Waals surface area contributed by atoms with E-state index in [1.54, 1.807) is 46.2 Å². The molecule has 2 bridgehead atoms. The molecule has 0 saturated heterocycles. The van der Waals surface area contributed by atoms with Gasteiger partial charge >= 0.3 is 11.9 Å². The van der Waals surface area contributed by atoms with E-state index in [2.05, 4.69) is 15.2 Å². The minimum atomic E-state index is -0.925. The molecule has 1 aromatic carbocycles. The van der Waals surface area contributed by atoms with E-state index in [1.807, 2.05) is 13.1 Å². The number of pyridine rings is 1. The molecular formula is C23H29MnN5O5. The van der Waals surface area contributed by atoms with Gasteiger partial charge in [0.15, 0.2) is 0 Å². The molecule has 11 heteroatoms. The van der Waals surface area contributed by atoms with Crippen LogP contribution in [0.5, 0.6) is 0 Å². The maximum atomic E-state index is 12.7. The Morgan fingerprint density at radius 2 is 1.38 bits per heavy atom. The second-order valence-corrected chi connectivity index (χ2v) is 8.17. The number of carbonyl (C=O) groups excluding carboxylic acids is 1. The van der Waals surface area contributed by atoms with Crippen LogP contribution in [0.25, 0.3) is 0 Å². The van der Waals surface area contributed by atoms with Crippen molar-refractivity contribution in [2.24, 2.45) is 0 Å². The molecule has 0 atom stereocenters. The van der Waals surface area contributed by atoms with Gasteiger partial charge in [-0.15, -0.1) is 0 Å². The number of hydrogen-bond donors (Lipinski definition) is 3. The van der Waals surface area contributed by atoms with Gasteiger partial charge in [0.25, 0.3) is 5.91 Å². The molecule has 1 aromatic heterocycles. The molecule has 3 N–H and O–H groups in total. The van der Waals surface area contributed by atoms with Gasteiger partial charge in [0.2, 0.25) is 0 Å². The van der Waals surface area contributed by atoms with Crippen molar-refractivity contribution < 1.29 is 41.7 Å². The molecule has 0 fully saturated rings. The zero-order chi connectivity index (χ0) is 23.8. The number of nitrogens with one attached hydrogen (secondary N) is 1. The number of aromatic nitrogens is 1. The molecule has 0 unspecified atom stereocenters. The summed E-state index contributed by atoms with van der Waals surface area (Å²) in [6.07, 6.45) is 0. The molecule has 1 amide bonds. The van der Waals surface area contributed by atoms with Crippen LogP contribution in [0.15, 0.2) is 42.5 Å². The average molecular weight is 510 g/mol. The number of likely N-dealkylation sites (N-methyl/N-ethyl adjacent to an activating group) is 1. The maximum absolute atomic E-state index is 12.7. The SMILES string of the molecule is CN1CCN(CC(=O)O)Cc2cc(NC(=O)c3ccccc3)cc(n2)CN(CC(=O)O)CC1.[Mn]. The minimum absolute atomic E-state index is 0. The third-order valence-electron chi connectivity index (χ3n) is 5.31. The summed E-state index contributed by atoms with van der Waals surface area (Å²) in [5.41, 5.74) is 2.25. The molecule has 0 spiro atoms. The van der Waals surface area contributed by atoms with E-state index in [4.69, 9.17) is 0 Å². The van der Waals surface area contributed by atoms with Gasteiger partial charge in [-0.05, 0) is 31.3 Å². The molecule has 10 nitrogen and oxygen atoms in total. The number of hydrogen-bond acceptors (Lipinski definition) is 7. The first-order valence-corrected chi connectivity index (χ1v) is 10.7. The Labute approximate surface area is 209 Å². The van der Waals surface area contributed by atoms with Gasteiger partial charge in [0, 0.05) is 67.6 Å². The van der Waals surface area contributed by atoms with E-state index in [0.717, 1.165) is 0 Å². The number of carboxylic acid groups (broad SMARTS) is 2. The maximum Gasteiger partial charge on any atom is 0.317 e. The average Bonchev–Trinajstić information content (AvgIpc) is 2.75. The number of carbonyl (C=O) groups is 3. The number of carboxylic acids is 2. The Balaban J connectivity index is 0.00000408. The smallest absolute Gasteiger partial charge is 0.317 e. The molecule has 0 aliphatic carbocycles. The summed E-state index contributed by atoms with van der Waals surface area (Å²) in [5, 5.41) is 21.5. The van der Waals surface area contributed by atoms with Crippen molar-refractivity contribution in [3.63, 3.8) is 0 Å². The monoisotopic (exact) mass is 510 g/mol. The van der Waals surface area contributed by atoms with Crippen molar-refractivity contribution in [2.45, 2.75) is 13.1 Å². The number of aliphatic carboxylic acids is 2. The Morgan fingerprint density at radius 1 is 0.882 bits per heavy atom. The van der Waals surface area contributed by atoms with E-state index < -0.39 is 11.9 Å². The van der Waals surface area contributed by atoms with E-state index in [0.29, 0.717) is 61.9 Å². The molecule has 0 saturated carbocycles. The van der Waals surface area contributed by atoms with Crippen LogP contribution < -0.4 is 5.32 Å². The van der Waals surface area contributed by atoms with E-state index in [9.17, 15) is 24.6 Å². The summed E-state index contributed by atoms with van der Waals surface area (Å²) in [7, 11) is 1.93. The van der Waals surface area contributed by atoms with Crippen molar-refractivity contribution in [1.29, 1.82) is 0 Å². The topological polar surface area (TPSA) is 126 Å². The molecule has 34 heavy (non-hydrogen) atoms. The molecule has 2 heterocycles. The molecule has 3 rings (SSSR count). The summed E-state index contributed by atoms with van der Waals surface area (Å²) < 4.78 is 0. The van der Waals surface area contributed by atoms with Crippen molar-refractivity contribution in [3.05, 3.63) is 59.4 Å². The van der Waals surface area contributed by atoms with E-state index >= 15 is 0 Å². The summed E-state index contributed by atoms with van der Waals surface area (Å²) >= 11 is 0. The van der Waals surface area contributed by atoms with Crippen LogP contribution in [0.1, 0.15) is 21.7 Å². The summed E-state index contributed by atoms with van der Waals surface area (Å²) in [6, 6.07) is 12.3. The van der Waals surface area contributed by atoms with Crippen LogP contribution in [0.2, 0.25) is 0 Å². The van der Waals surface area contributed by atoms with Gasteiger partial charge in [-0.1, -0.05) is 18.2 Å². The van der Waals surface area contributed by atoms with Crippen molar-refractivity contribution in [2.75, 3.05) is 51.6 Å². The second-order valence-electron chi connectivity index (χ2n) is 8.17. The van der Waals surface area contributed by atoms with Crippen LogP contribution in [-0.2, 0) is 39.7 Å². The second kappa shape index (κ2) is 13.2. The molecular weight excluding hydrogens is 481 g/mol. The summed E-state index contributed by atoms with van der Waals surface area (Å²) in [5.74, 6) is -2.12. The zero-order valence-corrected chi connectivity index (χ0v) is 20.2. The van der Waals surface area contributed by atoms with Gasteiger partial charge < -0.3 is 20.4 Å². The molecule has 1 aliphatic heterocycles. The third-order valence-corrected chi connectivity index (χ3v) is 5.31. The van der Waals surface area contributed by atoms with Crippen LogP contribution in [0.4, 0.5) is 5.69 Å². The normalized spacial score (nSPS) is 15.9. The Morgan fingerprint density at radius 3 is 1.85 bits per heavy atom. The fraction of sp³-hybridized carbons (Fsp3) is 0.391. The first kappa shape index (κ1) is 27.4. The minimum Gasteiger partial charge on any atom is -0.480 e. The van der Waals surface area contributed by atoms with Gasteiger partial charge in [0.05, 0.1) is 24.5 Å². The van der Waals surface area contributed by atoms with Gasteiger partial charge in [-0.2, -0.15) is 0 Å². The van der Waals surface area contributed by atoms with Crippen molar-refractivity contribution in [1.82, 2.24) is 19.7 Å². The van der Waals surface area contributed by atoms with Gasteiger partial charge in [-0.3, -0.25) is 29.2 Å². The summed E-state index contributed by atoms with van der Waals surface area (Å²) in [4.78, 5) is 45.7. The fourth-order valence-corrected chi connectivity index (χ4v) is 3.68. The van der Waals surface area contributed by atoms with Crippen molar-refractivity contribution >= 4 is 23.5 Å². The van der Waals surface area contributed by atoms with Crippen molar-refractivity contribution in [3.8, 4) is 0 Å². The number of benzene rings is 1. The van der Waals surface area contributed by atoms with E-state index in [1.165, 1.54) is 0 Å². The standard InChI is InChI=1S/C23H29N5O5.Mn/c1-26-7-9-27(15-21(29)30)13-19-11-18(25-23(33)17-5-3-2-4-6-17)12-20(24-19)14-28(10-8-26)16-22(31)32;/h2-6,11-12H,7-10,13-16H2,1H3,(H,29,30)(H,31,32)(H,24,25,33);. The zero-order valence-electron chi connectivity index (χ0n) is 19.0. The number of anilines is 1. The number of rotatable bonds is 6. The summed E-state index contributed by atoms with van der Waals surface area (Å²) in [6.45, 7) is 2.62. The third kappa shape index (κ3) is 8.85. The quantitative estimate of drug-likeness (QED) is 0.489. The van der Waals surface area contributed by atoms with Crippen LogP contribution in [-0.4, -0.2) is 94.1 Å². The predicted octanol–water partition coefficient (Wildman–Crippen LogP) is 1.05. The Hall–Kier alpha value is -2.82. The van der Waals surface area contributed by atoms with Crippen LogP contribution >= 0.6 is 0 Å². The van der Waals surface area contributed by atoms with Crippen LogP contribution in [0, 0.1) is 0 Å². The fourth-order valence-electron chi connectivity index (χ4n) is 3.68. The first-order chi connectivity index (χ1) is 15.8. The first-order valence-electron chi connectivity index (χ1n) is 10.7. The number of nitrogens with zero attached hydrogens (tertiary/aromatic N) is 4.